The summed E-state index contributed by atoms with van der Waals surface area (Å²) in [6.07, 6.45) is 9.42. The Labute approximate surface area is 150 Å². The molecular weight excluding hydrogens is 320 g/mol. The van der Waals surface area contributed by atoms with Gasteiger partial charge in [0.2, 0.25) is 0 Å². The molecule has 0 atom stereocenters. The van der Waals surface area contributed by atoms with Crippen LogP contribution in [0.15, 0.2) is 18.2 Å². The van der Waals surface area contributed by atoms with Crippen LogP contribution in [0.5, 0.6) is 5.75 Å². The van der Waals surface area contributed by atoms with Crippen molar-refractivity contribution < 1.29 is 24.5 Å². The first-order chi connectivity index (χ1) is 12.0. The Hall–Kier alpha value is -2.04. The molecule has 0 bridgehead atoms. The number of benzene rings is 1. The molecular formula is C20H30O5. The second-order valence-corrected chi connectivity index (χ2v) is 6.39. The first-order valence-corrected chi connectivity index (χ1v) is 9.21. The van der Waals surface area contributed by atoms with Crippen molar-refractivity contribution in [2.75, 3.05) is 6.61 Å². The van der Waals surface area contributed by atoms with E-state index in [4.69, 9.17) is 14.9 Å². The lowest BCUT2D eigenvalue weighted by atomic mass is 10.0. The second kappa shape index (κ2) is 12.3. The van der Waals surface area contributed by atoms with Gasteiger partial charge in [0.15, 0.2) is 0 Å². The Morgan fingerprint density at radius 1 is 0.840 bits per heavy atom. The number of rotatable bonds is 14. The summed E-state index contributed by atoms with van der Waals surface area (Å²) in [5.74, 6) is -1.35. The predicted octanol–water partition coefficient (Wildman–Crippen LogP) is 4.46. The lowest BCUT2D eigenvalue weighted by Crippen LogP contribution is -2.08. The van der Waals surface area contributed by atoms with Gasteiger partial charge >= 0.3 is 11.9 Å². The summed E-state index contributed by atoms with van der Waals surface area (Å²) in [7, 11) is 0. The molecule has 5 nitrogen and oxygen atoms in total. The molecule has 1 aromatic carbocycles. The Morgan fingerprint density at radius 3 is 2.00 bits per heavy atom. The van der Waals surface area contributed by atoms with E-state index in [-0.39, 0.29) is 12.8 Å². The molecule has 5 heteroatoms. The summed E-state index contributed by atoms with van der Waals surface area (Å²) in [6.45, 7) is 2.81. The van der Waals surface area contributed by atoms with E-state index in [2.05, 4.69) is 6.92 Å². The van der Waals surface area contributed by atoms with Crippen molar-refractivity contribution in [3.05, 3.63) is 29.3 Å². The van der Waals surface area contributed by atoms with Crippen LogP contribution in [0.4, 0.5) is 0 Å². The molecule has 0 unspecified atom stereocenters. The number of aliphatic carboxylic acids is 2. The lowest BCUT2D eigenvalue weighted by molar-refractivity contribution is -0.137. The van der Waals surface area contributed by atoms with Gasteiger partial charge in [0.1, 0.15) is 5.75 Å². The van der Waals surface area contributed by atoms with E-state index in [1.807, 2.05) is 0 Å². The van der Waals surface area contributed by atoms with Crippen molar-refractivity contribution >= 4 is 11.9 Å². The first kappa shape index (κ1) is 21.0. The van der Waals surface area contributed by atoms with Gasteiger partial charge in [0.05, 0.1) is 19.4 Å². The quantitative estimate of drug-likeness (QED) is 0.484. The zero-order chi connectivity index (χ0) is 18.5. The van der Waals surface area contributed by atoms with Gasteiger partial charge in [-0.1, -0.05) is 57.9 Å². The smallest absolute Gasteiger partial charge is 0.307 e. The van der Waals surface area contributed by atoms with Crippen LogP contribution in [0, 0.1) is 0 Å². The molecule has 0 spiro atoms. The molecule has 0 saturated heterocycles. The van der Waals surface area contributed by atoms with Crippen LogP contribution in [0.3, 0.4) is 0 Å². The van der Waals surface area contributed by atoms with Gasteiger partial charge in [-0.2, -0.15) is 0 Å². The molecule has 0 aliphatic carbocycles. The fourth-order valence-electron chi connectivity index (χ4n) is 2.78. The highest BCUT2D eigenvalue weighted by Gasteiger charge is 2.11. The van der Waals surface area contributed by atoms with E-state index >= 15 is 0 Å². The molecule has 0 amide bonds. The van der Waals surface area contributed by atoms with Gasteiger partial charge in [-0.05, 0) is 29.7 Å². The van der Waals surface area contributed by atoms with Gasteiger partial charge in [0, 0.05) is 0 Å². The van der Waals surface area contributed by atoms with Gasteiger partial charge in [0.25, 0.3) is 0 Å². The van der Waals surface area contributed by atoms with Crippen LogP contribution in [-0.4, -0.2) is 28.8 Å². The summed E-state index contributed by atoms with van der Waals surface area (Å²) >= 11 is 0. The van der Waals surface area contributed by atoms with E-state index < -0.39 is 11.9 Å². The molecule has 0 aromatic heterocycles. The largest absolute Gasteiger partial charge is 0.494 e. The average molecular weight is 350 g/mol. The highest BCUT2D eigenvalue weighted by molar-refractivity contribution is 5.74. The standard InChI is InChI=1S/C20H30O5/c1-2-3-4-5-6-7-8-9-12-25-18-11-10-16(14-19(21)22)17(13-18)15-20(23)24/h10-11,13H,2-9,12,14-15H2,1H3,(H,21,22)(H,23,24). The van der Waals surface area contributed by atoms with Gasteiger partial charge in [-0.15, -0.1) is 0 Å². The van der Waals surface area contributed by atoms with Gasteiger partial charge < -0.3 is 14.9 Å². The third kappa shape index (κ3) is 9.75. The molecule has 0 aliphatic heterocycles. The fraction of sp³-hybridized carbons (Fsp3) is 0.600. The van der Waals surface area contributed by atoms with Crippen LogP contribution in [0.25, 0.3) is 0 Å². The minimum atomic E-state index is -0.980. The van der Waals surface area contributed by atoms with Crippen molar-refractivity contribution in [2.24, 2.45) is 0 Å². The lowest BCUT2D eigenvalue weighted by Gasteiger charge is -2.11. The maximum absolute atomic E-state index is 11.0. The Bertz CT molecular complexity index is 539. The topological polar surface area (TPSA) is 83.8 Å². The van der Waals surface area contributed by atoms with Crippen LogP contribution in [-0.2, 0) is 22.4 Å². The summed E-state index contributed by atoms with van der Waals surface area (Å²) in [5.41, 5.74) is 1.03. The zero-order valence-electron chi connectivity index (χ0n) is 15.1. The average Bonchev–Trinajstić information content (AvgIpc) is 2.54. The van der Waals surface area contributed by atoms with Crippen molar-refractivity contribution in [3.63, 3.8) is 0 Å². The Morgan fingerprint density at radius 2 is 1.40 bits per heavy atom. The maximum Gasteiger partial charge on any atom is 0.307 e. The van der Waals surface area contributed by atoms with Crippen molar-refractivity contribution in [1.82, 2.24) is 0 Å². The summed E-state index contributed by atoms with van der Waals surface area (Å²) in [5, 5.41) is 17.9. The third-order valence-corrected chi connectivity index (χ3v) is 4.13. The maximum atomic E-state index is 11.0. The third-order valence-electron chi connectivity index (χ3n) is 4.13. The normalized spacial score (nSPS) is 10.6. The van der Waals surface area contributed by atoms with E-state index in [0.29, 0.717) is 23.5 Å². The summed E-state index contributed by atoms with van der Waals surface area (Å²) < 4.78 is 5.69. The SMILES string of the molecule is CCCCCCCCCCOc1ccc(CC(=O)O)c(CC(=O)O)c1. The molecule has 1 aromatic rings. The van der Waals surface area contributed by atoms with Gasteiger partial charge in [-0.3, -0.25) is 9.59 Å². The van der Waals surface area contributed by atoms with E-state index in [9.17, 15) is 9.59 Å². The second-order valence-electron chi connectivity index (χ2n) is 6.39. The summed E-state index contributed by atoms with van der Waals surface area (Å²) in [4.78, 5) is 21.8. The first-order valence-electron chi connectivity index (χ1n) is 9.21. The molecule has 140 valence electrons. The van der Waals surface area contributed by atoms with E-state index in [1.54, 1.807) is 18.2 Å². The number of carboxylic acids is 2. The van der Waals surface area contributed by atoms with Gasteiger partial charge in [-0.25, -0.2) is 0 Å². The molecule has 25 heavy (non-hydrogen) atoms. The fourth-order valence-corrected chi connectivity index (χ4v) is 2.78. The number of carbonyl (C=O) groups is 2. The summed E-state index contributed by atoms with van der Waals surface area (Å²) in [6, 6.07) is 5.01. The molecule has 1 rings (SSSR count). The molecule has 0 radical (unpaired) electrons. The number of ether oxygens (including phenoxy) is 1. The van der Waals surface area contributed by atoms with E-state index in [0.717, 1.165) is 12.8 Å². The molecule has 0 aliphatic rings. The van der Waals surface area contributed by atoms with Crippen molar-refractivity contribution in [3.8, 4) is 5.75 Å². The minimum Gasteiger partial charge on any atom is -0.494 e. The predicted molar refractivity (Wildman–Crippen MR) is 97.2 cm³/mol. The number of hydrogen-bond acceptors (Lipinski definition) is 3. The zero-order valence-corrected chi connectivity index (χ0v) is 15.1. The monoisotopic (exact) mass is 350 g/mol. The Kier molecular flexibility index (Phi) is 10.4. The number of carboxylic acid groups (broad SMARTS) is 2. The molecule has 0 saturated carbocycles. The van der Waals surface area contributed by atoms with Crippen LogP contribution in [0.1, 0.15) is 69.4 Å². The molecule has 2 N–H and O–H groups in total. The minimum absolute atomic E-state index is 0.180. The van der Waals surface area contributed by atoms with E-state index in [1.165, 1.54) is 38.5 Å². The van der Waals surface area contributed by atoms with Crippen LogP contribution >= 0.6 is 0 Å². The van der Waals surface area contributed by atoms with Crippen molar-refractivity contribution in [1.29, 1.82) is 0 Å². The van der Waals surface area contributed by atoms with Crippen LogP contribution < -0.4 is 4.74 Å². The molecule has 0 heterocycles. The molecule has 0 fully saturated rings. The highest BCUT2D eigenvalue weighted by Crippen LogP contribution is 2.20. The highest BCUT2D eigenvalue weighted by atomic mass is 16.5. The number of unbranched alkanes of at least 4 members (excludes halogenated alkanes) is 7. The number of hydrogen-bond donors (Lipinski definition) is 2. The van der Waals surface area contributed by atoms with Crippen molar-refractivity contribution in [2.45, 2.75) is 71.1 Å². The van der Waals surface area contributed by atoms with Crippen LogP contribution in [0.2, 0.25) is 0 Å². The Balaban J connectivity index is 2.37.